The van der Waals surface area contributed by atoms with E-state index in [1.54, 1.807) is 6.26 Å². The zero-order chi connectivity index (χ0) is 11.0. The Morgan fingerprint density at radius 3 is 2.60 bits per heavy atom. The van der Waals surface area contributed by atoms with Crippen LogP contribution < -0.4 is 0 Å². The number of furan rings is 1. The van der Waals surface area contributed by atoms with Crippen LogP contribution in [0.15, 0.2) is 22.8 Å². The molecule has 0 aromatic carbocycles. The molecule has 0 aliphatic heterocycles. The van der Waals surface area contributed by atoms with Crippen molar-refractivity contribution in [2.24, 2.45) is 0 Å². The van der Waals surface area contributed by atoms with Crippen molar-refractivity contribution in [2.45, 2.75) is 11.8 Å². The van der Waals surface area contributed by atoms with E-state index in [1.807, 2.05) is 19.1 Å². The van der Waals surface area contributed by atoms with Gasteiger partial charge < -0.3 is 4.42 Å². The molecule has 1 nitrogen and oxygen atoms in total. The summed E-state index contributed by atoms with van der Waals surface area (Å²) in [5, 5.41) is 0. The van der Waals surface area contributed by atoms with E-state index in [1.165, 1.54) is 11.3 Å². The fraction of sp³-hybridized carbons (Fsp3) is 0.200. The van der Waals surface area contributed by atoms with E-state index in [4.69, 9.17) is 27.6 Å². The average Bonchev–Trinajstić information content (AvgIpc) is 2.71. The lowest BCUT2D eigenvalue weighted by Gasteiger charge is -2.04. The lowest BCUT2D eigenvalue weighted by atomic mass is 10.1. The zero-order valence-corrected chi connectivity index (χ0v) is 11.7. The molecule has 2 rings (SSSR count). The molecule has 0 amide bonds. The number of aryl methyl sites for hydroxylation is 1. The third-order valence-electron chi connectivity index (χ3n) is 2.00. The van der Waals surface area contributed by atoms with Crippen LogP contribution in [0.5, 0.6) is 0 Å². The highest BCUT2D eigenvalue weighted by Gasteiger charge is 2.18. The van der Waals surface area contributed by atoms with Gasteiger partial charge in [0.15, 0.2) is 0 Å². The quantitative estimate of drug-likeness (QED) is 0.670. The number of hydrogen-bond acceptors (Lipinski definition) is 2. The zero-order valence-electron chi connectivity index (χ0n) is 7.76. The van der Waals surface area contributed by atoms with Crippen LogP contribution in [0.4, 0.5) is 0 Å². The van der Waals surface area contributed by atoms with Gasteiger partial charge in [0.05, 0.1) is 19.8 Å². The van der Waals surface area contributed by atoms with E-state index in [0.29, 0.717) is 8.67 Å². The molecular weight excluding hydrogens is 319 g/mol. The minimum atomic E-state index is 0.0335. The maximum Gasteiger partial charge on any atom is 0.101 e. The number of thiophene rings is 1. The summed E-state index contributed by atoms with van der Waals surface area (Å²) in [5.74, 6) is 0.881. The molecule has 0 aliphatic rings. The summed E-state index contributed by atoms with van der Waals surface area (Å²) < 4.78 is 6.65. The standard InChI is InChI=1S/C10H7BrCl2OS/c1-5-2-6(4-14-5)9(11)7-3-8(12)15-10(7)13/h2-4,9H,1H3. The monoisotopic (exact) mass is 324 g/mol. The summed E-state index contributed by atoms with van der Waals surface area (Å²) in [6, 6.07) is 3.84. The van der Waals surface area contributed by atoms with Crippen molar-refractivity contribution in [1.82, 2.24) is 0 Å². The molecule has 2 heterocycles. The topological polar surface area (TPSA) is 13.1 Å². The molecular formula is C10H7BrCl2OS. The van der Waals surface area contributed by atoms with Gasteiger partial charge in [-0.2, -0.15) is 0 Å². The van der Waals surface area contributed by atoms with E-state index >= 15 is 0 Å². The maximum atomic E-state index is 6.07. The van der Waals surface area contributed by atoms with Gasteiger partial charge in [0.1, 0.15) is 5.76 Å². The van der Waals surface area contributed by atoms with Gasteiger partial charge in [-0.15, -0.1) is 11.3 Å². The van der Waals surface area contributed by atoms with Crippen molar-refractivity contribution in [2.75, 3.05) is 0 Å². The van der Waals surface area contributed by atoms with Crippen molar-refractivity contribution in [3.05, 3.63) is 44.0 Å². The molecule has 0 spiro atoms. The van der Waals surface area contributed by atoms with Crippen LogP contribution in [0, 0.1) is 6.92 Å². The number of hydrogen-bond donors (Lipinski definition) is 0. The van der Waals surface area contributed by atoms with E-state index in [2.05, 4.69) is 15.9 Å². The molecule has 0 saturated carbocycles. The molecule has 0 bridgehead atoms. The lowest BCUT2D eigenvalue weighted by molar-refractivity contribution is 0.532. The first kappa shape index (κ1) is 11.5. The van der Waals surface area contributed by atoms with Crippen molar-refractivity contribution >= 4 is 50.5 Å². The van der Waals surface area contributed by atoms with Crippen LogP contribution in [0.25, 0.3) is 0 Å². The Labute approximate surface area is 110 Å². The summed E-state index contributed by atoms with van der Waals surface area (Å²) in [4.78, 5) is 0.0335. The van der Waals surface area contributed by atoms with Crippen LogP contribution in [0.3, 0.4) is 0 Å². The first-order chi connectivity index (χ1) is 7.08. The van der Waals surface area contributed by atoms with Gasteiger partial charge in [0.25, 0.3) is 0 Å². The van der Waals surface area contributed by atoms with Gasteiger partial charge in [-0.25, -0.2) is 0 Å². The molecule has 0 aliphatic carbocycles. The molecule has 0 fully saturated rings. The van der Waals surface area contributed by atoms with Crippen molar-refractivity contribution in [3.63, 3.8) is 0 Å². The summed E-state index contributed by atoms with van der Waals surface area (Å²) >= 11 is 16.9. The van der Waals surface area contributed by atoms with Gasteiger partial charge in [0, 0.05) is 11.1 Å². The van der Waals surface area contributed by atoms with Gasteiger partial charge >= 0.3 is 0 Å². The highest BCUT2D eigenvalue weighted by Crippen LogP contribution is 2.41. The first-order valence-electron chi connectivity index (χ1n) is 4.21. The van der Waals surface area contributed by atoms with Gasteiger partial charge in [-0.1, -0.05) is 39.1 Å². The summed E-state index contributed by atoms with van der Waals surface area (Å²) in [6.45, 7) is 1.91. The lowest BCUT2D eigenvalue weighted by Crippen LogP contribution is -1.88. The third kappa shape index (κ3) is 2.41. The SMILES string of the molecule is Cc1cc(C(Br)c2cc(Cl)sc2Cl)co1. The van der Waals surface area contributed by atoms with Gasteiger partial charge in [-0.3, -0.25) is 0 Å². The minimum Gasteiger partial charge on any atom is -0.469 e. The fourth-order valence-electron chi connectivity index (χ4n) is 1.30. The highest BCUT2D eigenvalue weighted by molar-refractivity contribution is 9.09. The predicted molar refractivity (Wildman–Crippen MR) is 68.6 cm³/mol. The van der Waals surface area contributed by atoms with Gasteiger partial charge in [0.2, 0.25) is 0 Å². The maximum absolute atomic E-state index is 6.07. The molecule has 80 valence electrons. The smallest absolute Gasteiger partial charge is 0.101 e. The van der Waals surface area contributed by atoms with Crippen LogP contribution in [-0.4, -0.2) is 0 Å². The third-order valence-corrected chi connectivity index (χ3v) is 4.54. The molecule has 15 heavy (non-hydrogen) atoms. The number of alkyl halides is 1. The number of halogens is 3. The largest absolute Gasteiger partial charge is 0.469 e. The Kier molecular flexibility index (Phi) is 3.45. The predicted octanol–water partition coefficient (Wildman–Crippen LogP) is 5.44. The Hall–Kier alpha value is 0.0400. The molecule has 2 aromatic heterocycles. The van der Waals surface area contributed by atoms with E-state index in [0.717, 1.165) is 16.9 Å². The summed E-state index contributed by atoms with van der Waals surface area (Å²) in [6.07, 6.45) is 1.72. The van der Waals surface area contributed by atoms with Crippen molar-refractivity contribution in [3.8, 4) is 0 Å². The molecule has 0 saturated heterocycles. The Morgan fingerprint density at radius 2 is 2.13 bits per heavy atom. The second-order valence-electron chi connectivity index (χ2n) is 3.13. The normalized spacial score (nSPS) is 13.1. The minimum absolute atomic E-state index is 0.0335. The Balaban J connectivity index is 2.35. The fourth-order valence-corrected chi connectivity index (χ4v) is 3.72. The van der Waals surface area contributed by atoms with Gasteiger partial charge in [-0.05, 0) is 19.1 Å². The van der Waals surface area contributed by atoms with E-state index < -0.39 is 0 Å². The first-order valence-corrected chi connectivity index (χ1v) is 6.70. The van der Waals surface area contributed by atoms with Crippen LogP contribution >= 0.6 is 50.5 Å². The Morgan fingerprint density at radius 1 is 1.40 bits per heavy atom. The van der Waals surface area contributed by atoms with E-state index in [-0.39, 0.29) is 4.83 Å². The van der Waals surface area contributed by atoms with Crippen LogP contribution in [0.1, 0.15) is 21.7 Å². The van der Waals surface area contributed by atoms with Crippen molar-refractivity contribution in [1.29, 1.82) is 0 Å². The molecule has 0 N–H and O–H groups in total. The highest BCUT2D eigenvalue weighted by atomic mass is 79.9. The molecule has 2 aromatic rings. The average molecular weight is 326 g/mol. The summed E-state index contributed by atoms with van der Waals surface area (Å²) in [7, 11) is 0. The van der Waals surface area contributed by atoms with Crippen LogP contribution in [-0.2, 0) is 0 Å². The second kappa shape index (κ2) is 4.50. The summed E-state index contributed by atoms with van der Waals surface area (Å²) in [5.41, 5.74) is 2.02. The number of rotatable bonds is 2. The Bertz CT molecular complexity index is 477. The second-order valence-corrected chi connectivity index (χ2v) is 6.33. The molecule has 1 atom stereocenters. The van der Waals surface area contributed by atoms with Crippen LogP contribution in [0.2, 0.25) is 8.67 Å². The van der Waals surface area contributed by atoms with Crippen molar-refractivity contribution < 1.29 is 4.42 Å². The molecule has 1 unspecified atom stereocenters. The van der Waals surface area contributed by atoms with E-state index in [9.17, 15) is 0 Å². The molecule has 0 radical (unpaired) electrons. The molecule has 5 heteroatoms.